The van der Waals surface area contributed by atoms with Gasteiger partial charge in [0.05, 0.1) is 6.04 Å². The van der Waals surface area contributed by atoms with Crippen LogP contribution in [-0.2, 0) is 6.54 Å². The predicted molar refractivity (Wildman–Crippen MR) is 83.3 cm³/mol. The van der Waals surface area contributed by atoms with Crippen molar-refractivity contribution in [3.63, 3.8) is 0 Å². The SMILES string of the molecule is O=C(NCc1cccnc1)N1CCC[C@@H]1c1ccc(O)cc1. The molecule has 1 aliphatic rings. The van der Waals surface area contributed by atoms with Crippen LogP contribution in [0, 0.1) is 0 Å². The maximum Gasteiger partial charge on any atom is 0.318 e. The zero-order valence-electron chi connectivity index (χ0n) is 12.3. The molecule has 0 aliphatic carbocycles. The third-order valence-electron chi connectivity index (χ3n) is 3.96. The number of nitrogens with one attached hydrogen (secondary N) is 1. The normalized spacial score (nSPS) is 17.5. The number of urea groups is 1. The first-order valence-corrected chi connectivity index (χ1v) is 7.46. The summed E-state index contributed by atoms with van der Waals surface area (Å²) in [5.41, 5.74) is 2.04. The maximum atomic E-state index is 12.4. The average Bonchev–Trinajstić information content (AvgIpc) is 3.04. The molecule has 114 valence electrons. The van der Waals surface area contributed by atoms with Crippen molar-refractivity contribution in [1.82, 2.24) is 15.2 Å². The molecule has 1 saturated heterocycles. The maximum absolute atomic E-state index is 12.4. The van der Waals surface area contributed by atoms with Crippen LogP contribution in [0.3, 0.4) is 0 Å². The Hall–Kier alpha value is -2.56. The first-order chi connectivity index (χ1) is 10.7. The molecule has 22 heavy (non-hydrogen) atoms. The molecule has 0 unspecified atom stereocenters. The third kappa shape index (κ3) is 3.19. The van der Waals surface area contributed by atoms with Crippen molar-refractivity contribution in [2.45, 2.75) is 25.4 Å². The van der Waals surface area contributed by atoms with Crippen molar-refractivity contribution < 1.29 is 9.90 Å². The Kier molecular flexibility index (Phi) is 4.23. The number of carbonyl (C=O) groups is 1. The van der Waals surface area contributed by atoms with Crippen molar-refractivity contribution in [2.75, 3.05) is 6.54 Å². The van der Waals surface area contributed by atoms with E-state index in [-0.39, 0.29) is 17.8 Å². The summed E-state index contributed by atoms with van der Waals surface area (Å²) in [5.74, 6) is 0.245. The summed E-state index contributed by atoms with van der Waals surface area (Å²) in [5, 5.41) is 12.3. The zero-order valence-corrected chi connectivity index (χ0v) is 12.3. The lowest BCUT2D eigenvalue weighted by atomic mass is 10.0. The standard InChI is InChI=1S/C17H19N3O2/c21-15-7-5-14(6-8-15)16-4-2-10-20(16)17(22)19-12-13-3-1-9-18-11-13/h1,3,5-9,11,16,21H,2,4,10,12H2,(H,19,22)/t16-/m1/s1. The van der Waals surface area contributed by atoms with Gasteiger partial charge in [-0.25, -0.2) is 4.79 Å². The van der Waals surface area contributed by atoms with Crippen LogP contribution in [0.4, 0.5) is 4.79 Å². The molecule has 1 aromatic heterocycles. The van der Waals surface area contributed by atoms with Gasteiger partial charge in [-0.2, -0.15) is 0 Å². The summed E-state index contributed by atoms with van der Waals surface area (Å²) >= 11 is 0. The number of hydrogen-bond acceptors (Lipinski definition) is 3. The molecule has 1 aliphatic heterocycles. The van der Waals surface area contributed by atoms with E-state index in [2.05, 4.69) is 10.3 Å². The Bertz CT molecular complexity index is 628. The Labute approximate surface area is 129 Å². The molecular formula is C17H19N3O2. The second-order valence-corrected chi connectivity index (χ2v) is 5.46. The number of nitrogens with zero attached hydrogens (tertiary/aromatic N) is 2. The molecule has 1 fully saturated rings. The topological polar surface area (TPSA) is 65.5 Å². The molecule has 1 aromatic carbocycles. The van der Waals surface area contributed by atoms with E-state index in [9.17, 15) is 9.90 Å². The molecule has 0 saturated carbocycles. The fourth-order valence-electron chi connectivity index (χ4n) is 2.83. The fourth-order valence-corrected chi connectivity index (χ4v) is 2.83. The van der Waals surface area contributed by atoms with Gasteiger partial charge in [0, 0.05) is 25.5 Å². The first kappa shape index (κ1) is 14.4. The molecule has 2 aromatic rings. The van der Waals surface area contributed by atoms with Gasteiger partial charge in [0.15, 0.2) is 0 Å². The van der Waals surface area contributed by atoms with Gasteiger partial charge in [0.25, 0.3) is 0 Å². The van der Waals surface area contributed by atoms with E-state index in [0.29, 0.717) is 6.54 Å². The number of phenols is 1. The zero-order chi connectivity index (χ0) is 15.4. The van der Waals surface area contributed by atoms with Crippen molar-refractivity contribution >= 4 is 6.03 Å². The van der Waals surface area contributed by atoms with Crippen LogP contribution in [0.15, 0.2) is 48.8 Å². The minimum atomic E-state index is -0.0561. The minimum Gasteiger partial charge on any atom is -0.508 e. The summed E-state index contributed by atoms with van der Waals surface area (Å²) in [6.07, 6.45) is 5.41. The Morgan fingerprint density at radius 2 is 2.14 bits per heavy atom. The quantitative estimate of drug-likeness (QED) is 0.915. The summed E-state index contributed by atoms with van der Waals surface area (Å²) in [6.45, 7) is 1.23. The van der Waals surface area contributed by atoms with E-state index in [4.69, 9.17) is 0 Å². The van der Waals surface area contributed by atoms with E-state index in [0.717, 1.165) is 30.5 Å². The van der Waals surface area contributed by atoms with E-state index in [1.165, 1.54) is 0 Å². The molecule has 3 rings (SSSR count). The number of aromatic nitrogens is 1. The van der Waals surface area contributed by atoms with Crippen LogP contribution < -0.4 is 5.32 Å². The number of aromatic hydroxyl groups is 1. The lowest BCUT2D eigenvalue weighted by Gasteiger charge is -2.25. The predicted octanol–water partition coefficient (Wildman–Crippen LogP) is 2.83. The van der Waals surface area contributed by atoms with Crippen LogP contribution in [-0.4, -0.2) is 27.6 Å². The number of rotatable bonds is 3. The van der Waals surface area contributed by atoms with Gasteiger partial charge >= 0.3 is 6.03 Å². The van der Waals surface area contributed by atoms with Crippen LogP contribution in [0.5, 0.6) is 5.75 Å². The van der Waals surface area contributed by atoms with Crippen molar-refractivity contribution in [1.29, 1.82) is 0 Å². The minimum absolute atomic E-state index is 0.0561. The molecule has 2 N–H and O–H groups in total. The van der Waals surface area contributed by atoms with Crippen LogP contribution in [0.2, 0.25) is 0 Å². The van der Waals surface area contributed by atoms with Crippen LogP contribution >= 0.6 is 0 Å². The molecule has 5 heteroatoms. The molecule has 1 atom stereocenters. The highest BCUT2D eigenvalue weighted by Crippen LogP contribution is 2.32. The molecule has 0 spiro atoms. The smallest absolute Gasteiger partial charge is 0.318 e. The largest absolute Gasteiger partial charge is 0.508 e. The first-order valence-electron chi connectivity index (χ1n) is 7.46. The van der Waals surface area contributed by atoms with Crippen molar-refractivity contribution in [3.8, 4) is 5.75 Å². The van der Waals surface area contributed by atoms with Gasteiger partial charge in [-0.1, -0.05) is 18.2 Å². The van der Waals surface area contributed by atoms with Crippen LogP contribution in [0.1, 0.15) is 30.0 Å². The van der Waals surface area contributed by atoms with E-state index < -0.39 is 0 Å². The number of likely N-dealkylation sites (tertiary alicyclic amines) is 1. The molecule has 0 radical (unpaired) electrons. The van der Waals surface area contributed by atoms with Gasteiger partial charge in [-0.15, -0.1) is 0 Å². The molecule has 2 amide bonds. The van der Waals surface area contributed by atoms with Gasteiger partial charge < -0.3 is 15.3 Å². The summed E-state index contributed by atoms with van der Waals surface area (Å²) in [6, 6.07) is 10.9. The second-order valence-electron chi connectivity index (χ2n) is 5.46. The summed E-state index contributed by atoms with van der Waals surface area (Å²) in [4.78, 5) is 18.3. The number of amides is 2. The van der Waals surface area contributed by atoms with Gasteiger partial charge in [-0.05, 0) is 42.2 Å². The second kappa shape index (κ2) is 6.47. The van der Waals surface area contributed by atoms with Gasteiger partial charge in [-0.3, -0.25) is 4.98 Å². The number of carbonyl (C=O) groups excluding carboxylic acids is 1. The highest BCUT2D eigenvalue weighted by atomic mass is 16.3. The summed E-state index contributed by atoms with van der Waals surface area (Å²) in [7, 11) is 0. The number of hydrogen-bond donors (Lipinski definition) is 2. The Morgan fingerprint density at radius 3 is 2.86 bits per heavy atom. The monoisotopic (exact) mass is 297 g/mol. The molecule has 2 heterocycles. The number of pyridine rings is 1. The van der Waals surface area contributed by atoms with Crippen molar-refractivity contribution in [2.24, 2.45) is 0 Å². The van der Waals surface area contributed by atoms with E-state index in [1.54, 1.807) is 24.5 Å². The molecule has 5 nitrogen and oxygen atoms in total. The summed E-state index contributed by atoms with van der Waals surface area (Å²) < 4.78 is 0. The highest BCUT2D eigenvalue weighted by molar-refractivity contribution is 5.75. The number of phenolic OH excluding ortho intramolecular Hbond substituents is 1. The van der Waals surface area contributed by atoms with Gasteiger partial charge in [0.2, 0.25) is 0 Å². The molecular weight excluding hydrogens is 278 g/mol. The Balaban J connectivity index is 1.65. The lowest BCUT2D eigenvalue weighted by molar-refractivity contribution is 0.192. The van der Waals surface area contributed by atoms with Gasteiger partial charge in [0.1, 0.15) is 5.75 Å². The fraction of sp³-hybridized carbons (Fsp3) is 0.294. The molecule has 0 bridgehead atoms. The lowest BCUT2D eigenvalue weighted by Crippen LogP contribution is -2.39. The van der Waals surface area contributed by atoms with E-state index in [1.807, 2.05) is 29.2 Å². The van der Waals surface area contributed by atoms with Crippen LogP contribution in [0.25, 0.3) is 0 Å². The average molecular weight is 297 g/mol. The van der Waals surface area contributed by atoms with E-state index >= 15 is 0 Å². The van der Waals surface area contributed by atoms with Crippen molar-refractivity contribution in [3.05, 3.63) is 59.9 Å². The Morgan fingerprint density at radius 1 is 1.32 bits per heavy atom. The third-order valence-corrected chi connectivity index (χ3v) is 3.96. The number of benzene rings is 1. The highest BCUT2D eigenvalue weighted by Gasteiger charge is 2.29.